The van der Waals surface area contributed by atoms with Crippen LogP contribution in [0.2, 0.25) is 0 Å². The standard InChI is InChI=1S/C25H27NO5/c1-3-5-9-16(4-2)14-26-21(27)15-31-25(30)20-13-8-12-19-22(20)24(29)18-11-7-6-10-17(18)23(19)28/h6-8,10-13,16H,3-5,9,14-15H2,1-2H3,(H,26,27)/t16-/m1/s1. The van der Waals surface area contributed by atoms with Crippen LogP contribution in [-0.2, 0) is 9.53 Å². The topological polar surface area (TPSA) is 89.5 Å². The first-order valence-corrected chi connectivity index (χ1v) is 10.7. The number of hydrogen-bond acceptors (Lipinski definition) is 5. The van der Waals surface area contributed by atoms with Crippen molar-refractivity contribution in [1.29, 1.82) is 0 Å². The van der Waals surface area contributed by atoms with Crippen LogP contribution in [0.1, 0.15) is 81.7 Å². The molecule has 0 spiro atoms. The Balaban J connectivity index is 1.68. The van der Waals surface area contributed by atoms with E-state index in [-0.39, 0.29) is 33.9 Å². The Morgan fingerprint density at radius 2 is 1.61 bits per heavy atom. The predicted octanol–water partition coefficient (Wildman–Crippen LogP) is 3.95. The Kier molecular flexibility index (Phi) is 7.34. The van der Waals surface area contributed by atoms with Crippen molar-refractivity contribution in [2.75, 3.05) is 13.2 Å². The van der Waals surface area contributed by atoms with E-state index in [1.165, 1.54) is 18.2 Å². The highest BCUT2D eigenvalue weighted by Gasteiger charge is 2.33. The van der Waals surface area contributed by atoms with Crippen molar-refractivity contribution in [3.8, 4) is 0 Å². The first-order chi connectivity index (χ1) is 15.0. The molecule has 0 unspecified atom stereocenters. The number of carbonyl (C=O) groups excluding carboxylic acids is 4. The number of benzene rings is 2. The lowest BCUT2D eigenvalue weighted by molar-refractivity contribution is -0.124. The molecule has 162 valence electrons. The molecule has 31 heavy (non-hydrogen) atoms. The summed E-state index contributed by atoms with van der Waals surface area (Å²) < 4.78 is 5.16. The van der Waals surface area contributed by atoms with Gasteiger partial charge in [0.25, 0.3) is 5.91 Å². The van der Waals surface area contributed by atoms with E-state index in [9.17, 15) is 19.2 Å². The number of ketones is 2. The van der Waals surface area contributed by atoms with Gasteiger partial charge in [0.1, 0.15) is 0 Å². The van der Waals surface area contributed by atoms with Gasteiger partial charge in [-0.25, -0.2) is 4.79 Å². The number of amides is 1. The van der Waals surface area contributed by atoms with E-state index < -0.39 is 18.4 Å². The van der Waals surface area contributed by atoms with E-state index in [4.69, 9.17) is 4.74 Å². The number of nitrogens with one attached hydrogen (secondary N) is 1. The van der Waals surface area contributed by atoms with Crippen LogP contribution in [-0.4, -0.2) is 36.6 Å². The Hall–Kier alpha value is -3.28. The van der Waals surface area contributed by atoms with E-state index in [2.05, 4.69) is 19.2 Å². The van der Waals surface area contributed by atoms with Crippen molar-refractivity contribution in [3.05, 3.63) is 70.3 Å². The van der Waals surface area contributed by atoms with E-state index in [0.29, 0.717) is 18.0 Å². The fourth-order valence-corrected chi connectivity index (χ4v) is 3.78. The summed E-state index contributed by atoms with van der Waals surface area (Å²) in [6.45, 7) is 4.31. The molecule has 0 aromatic heterocycles. The molecule has 1 aliphatic carbocycles. The van der Waals surface area contributed by atoms with Gasteiger partial charge < -0.3 is 10.1 Å². The van der Waals surface area contributed by atoms with Gasteiger partial charge in [-0.2, -0.15) is 0 Å². The minimum atomic E-state index is -0.800. The molecule has 1 atom stereocenters. The third-order valence-electron chi connectivity index (χ3n) is 5.64. The highest BCUT2D eigenvalue weighted by Crippen LogP contribution is 2.29. The lowest BCUT2D eigenvalue weighted by Gasteiger charge is -2.19. The van der Waals surface area contributed by atoms with Crippen LogP contribution in [0.4, 0.5) is 0 Å². The number of fused-ring (bicyclic) bond motifs is 2. The van der Waals surface area contributed by atoms with Crippen LogP contribution in [0.5, 0.6) is 0 Å². The molecule has 6 heteroatoms. The van der Waals surface area contributed by atoms with E-state index in [1.807, 2.05) is 0 Å². The average Bonchev–Trinajstić information content (AvgIpc) is 2.80. The van der Waals surface area contributed by atoms with Gasteiger partial charge in [-0.1, -0.05) is 69.5 Å². The molecule has 2 aromatic carbocycles. The van der Waals surface area contributed by atoms with Crippen LogP contribution >= 0.6 is 0 Å². The lowest BCUT2D eigenvalue weighted by Crippen LogP contribution is -2.33. The van der Waals surface area contributed by atoms with Crippen LogP contribution in [0, 0.1) is 5.92 Å². The monoisotopic (exact) mass is 421 g/mol. The minimum Gasteiger partial charge on any atom is -0.452 e. The molecule has 0 saturated carbocycles. The molecule has 6 nitrogen and oxygen atoms in total. The Bertz CT molecular complexity index is 1010. The summed E-state index contributed by atoms with van der Waals surface area (Å²) in [4.78, 5) is 50.5. The number of hydrogen-bond donors (Lipinski definition) is 1. The van der Waals surface area contributed by atoms with Crippen molar-refractivity contribution in [2.24, 2.45) is 5.92 Å². The Morgan fingerprint density at radius 3 is 2.29 bits per heavy atom. The lowest BCUT2D eigenvalue weighted by atomic mass is 9.82. The van der Waals surface area contributed by atoms with Gasteiger partial charge in [-0.15, -0.1) is 0 Å². The maximum Gasteiger partial charge on any atom is 0.339 e. The number of ether oxygens (including phenoxy) is 1. The van der Waals surface area contributed by atoms with Gasteiger partial charge in [0, 0.05) is 28.8 Å². The predicted molar refractivity (Wildman–Crippen MR) is 116 cm³/mol. The zero-order valence-electron chi connectivity index (χ0n) is 17.9. The maximum atomic E-state index is 13.0. The third-order valence-corrected chi connectivity index (χ3v) is 5.64. The SMILES string of the molecule is CCCC[C@@H](CC)CNC(=O)COC(=O)c1cccc2c1C(=O)c1ccccc1C2=O. The second-order valence-corrected chi connectivity index (χ2v) is 7.73. The molecular weight excluding hydrogens is 394 g/mol. The van der Waals surface area contributed by atoms with Gasteiger partial charge in [0.15, 0.2) is 18.2 Å². The zero-order valence-corrected chi connectivity index (χ0v) is 17.9. The molecule has 0 bridgehead atoms. The zero-order chi connectivity index (χ0) is 22.4. The Labute approximate surface area is 182 Å². The van der Waals surface area contributed by atoms with Gasteiger partial charge in [-0.3, -0.25) is 14.4 Å². The van der Waals surface area contributed by atoms with Crippen molar-refractivity contribution in [1.82, 2.24) is 5.32 Å². The number of carbonyl (C=O) groups is 4. The average molecular weight is 421 g/mol. The molecule has 1 amide bonds. The number of rotatable bonds is 9. The summed E-state index contributed by atoms with van der Waals surface area (Å²) >= 11 is 0. The van der Waals surface area contributed by atoms with Crippen molar-refractivity contribution in [2.45, 2.75) is 39.5 Å². The van der Waals surface area contributed by atoms with Gasteiger partial charge in [-0.05, 0) is 18.4 Å². The first-order valence-electron chi connectivity index (χ1n) is 10.7. The second-order valence-electron chi connectivity index (χ2n) is 7.73. The smallest absolute Gasteiger partial charge is 0.339 e. The van der Waals surface area contributed by atoms with Gasteiger partial charge in [0.05, 0.1) is 5.56 Å². The quantitative estimate of drug-likeness (QED) is 0.529. The summed E-state index contributed by atoms with van der Waals surface area (Å²) in [5, 5.41) is 2.80. The van der Waals surface area contributed by atoms with Crippen LogP contribution in [0.3, 0.4) is 0 Å². The highest BCUT2D eigenvalue weighted by atomic mass is 16.5. The third kappa shape index (κ3) is 4.90. The van der Waals surface area contributed by atoms with Crippen molar-refractivity contribution in [3.63, 3.8) is 0 Å². The van der Waals surface area contributed by atoms with E-state index >= 15 is 0 Å². The molecule has 2 aromatic rings. The number of unbranched alkanes of at least 4 members (excludes halogenated alkanes) is 1. The highest BCUT2D eigenvalue weighted by molar-refractivity contribution is 6.30. The second kappa shape index (κ2) is 10.2. The molecule has 1 N–H and O–H groups in total. The molecule has 0 aliphatic heterocycles. The van der Waals surface area contributed by atoms with Crippen molar-refractivity contribution < 1.29 is 23.9 Å². The summed E-state index contributed by atoms with van der Waals surface area (Å²) in [7, 11) is 0. The van der Waals surface area contributed by atoms with Gasteiger partial charge >= 0.3 is 5.97 Å². The van der Waals surface area contributed by atoms with Crippen LogP contribution in [0.25, 0.3) is 0 Å². The Morgan fingerprint density at radius 1 is 0.935 bits per heavy atom. The normalized spacial score (nSPS) is 13.2. The van der Waals surface area contributed by atoms with E-state index in [0.717, 1.165) is 25.7 Å². The molecule has 0 heterocycles. The minimum absolute atomic E-state index is 0.00691. The van der Waals surface area contributed by atoms with E-state index in [1.54, 1.807) is 24.3 Å². The largest absolute Gasteiger partial charge is 0.452 e. The van der Waals surface area contributed by atoms with Crippen LogP contribution in [0.15, 0.2) is 42.5 Å². The summed E-state index contributed by atoms with van der Waals surface area (Å²) in [5.41, 5.74) is 0.771. The fraction of sp³-hybridized carbons (Fsp3) is 0.360. The summed E-state index contributed by atoms with van der Waals surface area (Å²) in [6, 6.07) is 11.0. The van der Waals surface area contributed by atoms with Crippen molar-refractivity contribution >= 4 is 23.4 Å². The molecule has 3 rings (SSSR count). The fourth-order valence-electron chi connectivity index (χ4n) is 3.78. The van der Waals surface area contributed by atoms with Crippen LogP contribution < -0.4 is 5.32 Å². The molecule has 0 fully saturated rings. The first kappa shape index (κ1) is 22.4. The van der Waals surface area contributed by atoms with Gasteiger partial charge in [0.2, 0.25) is 0 Å². The summed E-state index contributed by atoms with van der Waals surface area (Å²) in [5.74, 6) is -1.50. The number of esters is 1. The summed E-state index contributed by atoms with van der Waals surface area (Å²) in [6.07, 6.45) is 4.22. The molecule has 0 saturated heterocycles. The molecule has 1 aliphatic rings. The molecule has 0 radical (unpaired) electrons. The molecular formula is C25H27NO5. The maximum absolute atomic E-state index is 13.0.